The number of azo groups is 4. The molecule has 0 unspecified atom stereocenters. The van der Waals surface area contributed by atoms with Crippen molar-refractivity contribution in [1.29, 1.82) is 0 Å². The first-order chi connectivity index (χ1) is 53.6. The van der Waals surface area contributed by atoms with Crippen molar-refractivity contribution in [3.8, 4) is 23.0 Å². The van der Waals surface area contributed by atoms with Gasteiger partial charge in [-0.2, -0.15) is 87.7 Å². The van der Waals surface area contributed by atoms with Crippen molar-refractivity contribution in [1.82, 2.24) is 29.9 Å². The Morgan fingerprint density at radius 3 is 0.855 bits per heavy atom. The van der Waals surface area contributed by atoms with Crippen LogP contribution in [-0.2, 0) is 39.0 Å². The van der Waals surface area contributed by atoms with Crippen LogP contribution >= 0.6 is 24.1 Å². The molecule has 0 spiro atoms. The molecule has 8 N–H and O–H groups in total. The number of aromatic nitrogens is 6. The Kier molecular flexibility index (Phi) is 29.7. The average Bonchev–Trinajstić information content (AvgIpc) is 0.802. The minimum atomic E-state index is -4.31. The molecule has 2 aromatic heterocycles. The Hall–Kier alpha value is -11.5. The zero-order valence-electron chi connectivity index (χ0n) is 58.3. The Morgan fingerprint density at radius 1 is 0.345 bits per heavy atom. The van der Waals surface area contributed by atoms with E-state index in [2.05, 4.69) is 80.9 Å². The zero-order chi connectivity index (χ0) is 76.6. The van der Waals surface area contributed by atoms with Crippen LogP contribution in [0.25, 0.3) is 0 Å². The van der Waals surface area contributed by atoms with Gasteiger partial charge in [-0.15, -0.1) is 8.67 Å². The van der Waals surface area contributed by atoms with Gasteiger partial charge in [0, 0.05) is 86.0 Å². The van der Waals surface area contributed by atoms with E-state index in [9.17, 15) is 25.9 Å². The van der Waals surface area contributed by atoms with Gasteiger partial charge in [0.2, 0.25) is 35.7 Å². The van der Waals surface area contributed by atoms with Crippen LogP contribution in [-0.4, -0.2) is 142 Å². The largest absolute Gasteiger partial charge is 0.491 e. The number of nitrogens with one attached hydrogen (secondary N) is 4. The molecule has 1 aliphatic rings. The predicted octanol–water partition coefficient (Wildman–Crippen LogP) is 17.0. The first-order valence-electron chi connectivity index (χ1n) is 33.8. The van der Waals surface area contributed by atoms with Gasteiger partial charge in [-0.25, -0.2) is 10.5 Å². The van der Waals surface area contributed by atoms with Crippen molar-refractivity contribution < 1.29 is 74.1 Å². The molecule has 572 valence electrons. The minimum Gasteiger partial charge on any atom is -0.491 e. The third-order valence-electron chi connectivity index (χ3n) is 15.1. The number of nitrogens with zero attached hydrogens (tertiary/aromatic N) is 16. The average molecular weight is 1580 g/mol. The maximum absolute atomic E-state index is 11.8. The van der Waals surface area contributed by atoms with Crippen LogP contribution in [0.2, 0.25) is 0 Å². The van der Waals surface area contributed by atoms with Crippen LogP contribution in [0.5, 0.6) is 23.0 Å². The SMILES string of the molecule is O=S(=O)(O)CCCOc1cc(N=Nc2ccccc2)ccc1Nc1nc(Nc2ccc(N=Nc3ccccc3)cc2OCCCSOOO)nc(N2CCN(c3nc(Nc4ccc(N=Nc5ccccc5)cc4OCCCSOOO)nc(Nc4ccc(N=Nc5ccccc5)cc4OCCCS(=O)(=O)O)n3)CC2)n1. The first kappa shape index (κ1) is 79.5. The molecule has 0 atom stereocenters. The second-order valence-corrected chi connectivity index (χ2v) is 27.9. The lowest BCUT2D eigenvalue weighted by atomic mass is 10.2. The van der Waals surface area contributed by atoms with Gasteiger partial charge < -0.3 is 50.0 Å². The van der Waals surface area contributed by atoms with Gasteiger partial charge in [0.05, 0.1) is 106 Å². The number of hydrogen-bond donors (Lipinski definition) is 8. The maximum atomic E-state index is 11.8. The summed E-state index contributed by atoms with van der Waals surface area (Å²) in [5.41, 5.74) is 5.63. The molecule has 0 bridgehead atoms. The minimum absolute atomic E-state index is 0.0260. The van der Waals surface area contributed by atoms with Gasteiger partial charge in [0.25, 0.3) is 20.2 Å². The number of rotatable bonds is 42. The van der Waals surface area contributed by atoms with Crippen molar-refractivity contribution in [3.63, 3.8) is 0 Å². The molecule has 0 amide bonds. The molecule has 1 fully saturated rings. The lowest BCUT2D eigenvalue weighted by molar-refractivity contribution is -0.432. The summed E-state index contributed by atoms with van der Waals surface area (Å²) in [5.74, 6) is 1.33. The molecular formula is C70H72N20O16S4. The van der Waals surface area contributed by atoms with Crippen molar-refractivity contribution in [2.75, 3.05) is 107 Å². The Labute approximate surface area is 639 Å². The molecule has 3 heterocycles. The molecule has 36 nitrogen and oxygen atoms in total. The lowest BCUT2D eigenvalue weighted by Crippen LogP contribution is -2.48. The normalized spacial score (nSPS) is 12.7. The van der Waals surface area contributed by atoms with E-state index < -0.39 is 31.7 Å². The molecule has 11 rings (SSSR count). The van der Waals surface area contributed by atoms with E-state index in [1.807, 2.05) is 107 Å². The van der Waals surface area contributed by atoms with Crippen LogP contribution < -0.4 is 50.0 Å². The molecule has 8 aromatic carbocycles. The number of anilines is 10. The summed E-state index contributed by atoms with van der Waals surface area (Å²) in [6.07, 6.45) is 0.796. The highest BCUT2D eigenvalue weighted by molar-refractivity contribution is 7.94. The van der Waals surface area contributed by atoms with Crippen molar-refractivity contribution >= 4 is 148 Å². The first-order valence-corrected chi connectivity index (χ1v) is 38.8. The van der Waals surface area contributed by atoms with E-state index in [0.29, 0.717) is 104 Å². The monoisotopic (exact) mass is 1580 g/mol. The molecule has 0 aliphatic carbocycles. The third kappa shape index (κ3) is 26.4. The third-order valence-corrected chi connectivity index (χ3v) is 17.9. The van der Waals surface area contributed by atoms with Gasteiger partial charge in [0.1, 0.15) is 23.0 Å². The van der Waals surface area contributed by atoms with Gasteiger partial charge >= 0.3 is 0 Å². The summed E-state index contributed by atoms with van der Waals surface area (Å²) < 4.78 is 100. The van der Waals surface area contributed by atoms with Crippen LogP contribution in [0.15, 0.2) is 235 Å². The van der Waals surface area contributed by atoms with Crippen LogP contribution in [0.1, 0.15) is 25.7 Å². The van der Waals surface area contributed by atoms with Gasteiger partial charge in [-0.1, -0.05) is 82.9 Å². The van der Waals surface area contributed by atoms with E-state index >= 15 is 0 Å². The number of benzene rings is 8. The Bertz CT molecular complexity index is 4670. The lowest BCUT2D eigenvalue weighted by Gasteiger charge is -2.35. The highest BCUT2D eigenvalue weighted by Gasteiger charge is 2.26. The molecular weight excluding hydrogens is 1510 g/mol. The van der Waals surface area contributed by atoms with E-state index in [4.69, 9.17) is 59.4 Å². The molecule has 1 saturated heterocycles. The molecule has 0 radical (unpaired) electrons. The summed E-state index contributed by atoms with van der Waals surface area (Å²) >= 11 is 1.76. The topological polar surface area (TPSA) is 454 Å². The van der Waals surface area contributed by atoms with Crippen molar-refractivity contribution in [2.24, 2.45) is 40.9 Å². The molecule has 1 aliphatic heterocycles. The highest BCUT2D eigenvalue weighted by Crippen LogP contribution is 2.39. The zero-order valence-corrected chi connectivity index (χ0v) is 61.5. The Morgan fingerprint density at radius 2 is 0.600 bits per heavy atom. The quantitative estimate of drug-likeness (QED) is 0.00440. The summed E-state index contributed by atoms with van der Waals surface area (Å²) in [7, 11) is -8.63. The number of piperazine rings is 1. The maximum Gasteiger partial charge on any atom is 0.264 e. The molecule has 0 saturated carbocycles. The second kappa shape index (κ2) is 41.1. The number of hydrogen-bond acceptors (Lipinski definition) is 36. The fraction of sp³-hybridized carbons (Fsp3) is 0.229. The highest BCUT2D eigenvalue weighted by atomic mass is 32.2. The van der Waals surface area contributed by atoms with E-state index in [1.165, 1.54) is 0 Å². The predicted molar refractivity (Wildman–Crippen MR) is 413 cm³/mol. The Balaban J connectivity index is 0.939. The summed E-state index contributed by atoms with van der Waals surface area (Å²) in [6, 6.07) is 56.8. The van der Waals surface area contributed by atoms with Crippen LogP contribution in [0, 0.1) is 0 Å². The molecule has 110 heavy (non-hydrogen) atoms. The van der Waals surface area contributed by atoms with E-state index in [1.54, 1.807) is 97.1 Å². The smallest absolute Gasteiger partial charge is 0.264 e. The number of ether oxygens (including phenoxy) is 4. The van der Waals surface area contributed by atoms with Crippen LogP contribution in [0.3, 0.4) is 0 Å². The summed E-state index contributed by atoms with van der Waals surface area (Å²) in [4.78, 5) is 33.5. The molecule has 40 heteroatoms. The van der Waals surface area contributed by atoms with Crippen molar-refractivity contribution in [3.05, 3.63) is 194 Å². The van der Waals surface area contributed by atoms with Crippen LogP contribution in [0.4, 0.5) is 104 Å². The van der Waals surface area contributed by atoms with Gasteiger partial charge in [0.15, 0.2) is 0 Å². The second-order valence-electron chi connectivity index (χ2n) is 23.2. The fourth-order valence-corrected chi connectivity index (χ4v) is 11.7. The summed E-state index contributed by atoms with van der Waals surface area (Å²) in [6.45, 7) is 1.12. The van der Waals surface area contributed by atoms with E-state index in [-0.39, 0.29) is 113 Å². The molecule has 10 aromatic rings. The van der Waals surface area contributed by atoms with Gasteiger partial charge in [-0.05, 0) is 123 Å². The van der Waals surface area contributed by atoms with Gasteiger partial charge in [-0.3, -0.25) is 9.11 Å². The standard InChI is InChI=1S/C70H72N20O16S4/c91-103-105-107-41-13-37-99-61-45-53(85-81-49-17-5-1-6-18-49)25-29-57(61)71-65-75-67(73-59-31-27-55(87-83-51-21-9-3-10-22-51)47-63(59)101-39-15-43-109(93,94)95)79-69(77-65)89-33-35-90(36-34-89)70-78-66(72-58-30-26-54(86-82-50-19-7-2-8-20-50)46-62(58)100-38-14-42-108-106-104-92)76-68(80-70)74-60-32-28-56(88-84-52-23-11-4-12-24-52)48-64(60)102-40-16-44-110(96,97)98/h1-12,17-32,45-48,91-92H,13-16,33-44H2,(H,93,94,95)(H,96,97,98)(H2,71,73,75,77,79)(H2,72,74,76,78,80). The fourth-order valence-electron chi connectivity index (χ4n) is 10.0. The van der Waals surface area contributed by atoms with E-state index in [0.717, 1.165) is 24.1 Å². The summed E-state index contributed by atoms with van der Waals surface area (Å²) in [5, 5.41) is 73.4. The van der Waals surface area contributed by atoms with Crippen molar-refractivity contribution in [2.45, 2.75) is 25.7 Å².